The number of nitrogens with zero attached hydrogens (tertiary/aromatic N) is 3. The zero-order chi connectivity index (χ0) is 17.3. The van der Waals surface area contributed by atoms with E-state index in [9.17, 15) is 9.18 Å². The van der Waals surface area contributed by atoms with Gasteiger partial charge >= 0.3 is 0 Å². The molecule has 4 nitrogen and oxygen atoms in total. The van der Waals surface area contributed by atoms with Gasteiger partial charge in [-0.25, -0.2) is 9.37 Å². The highest BCUT2D eigenvalue weighted by atomic mass is 19.1. The van der Waals surface area contributed by atoms with Crippen LogP contribution in [0.2, 0.25) is 0 Å². The molecule has 0 atom stereocenters. The van der Waals surface area contributed by atoms with E-state index in [4.69, 9.17) is 4.98 Å². The minimum Gasteiger partial charge on any atom is -0.353 e. The van der Waals surface area contributed by atoms with Gasteiger partial charge in [-0.1, -0.05) is 18.2 Å². The van der Waals surface area contributed by atoms with Crippen molar-refractivity contribution in [3.63, 3.8) is 0 Å². The Hall–Kier alpha value is -2.43. The van der Waals surface area contributed by atoms with Gasteiger partial charge in [-0.15, -0.1) is 0 Å². The van der Waals surface area contributed by atoms with Gasteiger partial charge in [-0.3, -0.25) is 4.79 Å². The molecule has 2 heterocycles. The molecule has 1 saturated heterocycles. The monoisotopic (exact) mass is 327 g/mol. The number of hydrogen-bond donors (Lipinski definition) is 0. The fraction of sp³-hybridized carbons (Fsp3) is 0.368. The lowest BCUT2D eigenvalue weighted by Crippen LogP contribution is -2.49. The average Bonchev–Trinajstić information content (AvgIpc) is 2.58. The number of carbonyl (C=O) groups excluding carboxylic acids is 1. The Balaban J connectivity index is 1.71. The molecule has 1 aliphatic heterocycles. The lowest BCUT2D eigenvalue weighted by Gasteiger charge is -2.36. The second-order valence-corrected chi connectivity index (χ2v) is 6.29. The second-order valence-electron chi connectivity index (χ2n) is 6.29. The lowest BCUT2D eigenvalue weighted by atomic mass is 10.1. The van der Waals surface area contributed by atoms with Gasteiger partial charge in [0.1, 0.15) is 11.6 Å². The summed E-state index contributed by atoms with van der Waals surface area (Å²) < 4.78 is 13.8. The number of hydrogen-bond acceptors (Lipinski definition) is 3. The van der Waals surface area contributed by atoms with Crippen LogP contribution in [-0.4, -0.2) is 42.0 Å². The Bertz CT molecular complexity index is 767. The van der Waals surface area contributed by atoms with Crippen molar-refractivity contribution in [1.82, 2.24) is 9.88 Å². The van der Waals surface area contributed by atoms with Crippen molar-refractivity contribution < 1.29 is 9.18 Å². The molecule has 24 heavy (non-hydrogen) atoms. The number of pyridine rings is 1. The van der Waals surface area contributed by atoms with Gasteiger partial charge in [0, 0.05) is 31.9 Å². The summed E-state index contributed by atoms with van der Waals surface area (Å²) in [5.41, 5.74) is 3.50. The van der Waals surface area contributed by atoms with E-state index in [-0.39, 0.29) is 11.5 Å². The van der Waals surface area contributed by atoms with Gasteiger partial charge in [-0.2, -0.15) is 0 Å². The first-order valence-corrected chi connectivity index (χ1v) is 8.21. The van der Waals surface area contributed by atoms with Gasteiger partial charge in [-0.05, 0) is 44.0 Å². The summed E-state index contributed by atoms with van der Waals surface area (Å²) in [6.07, 6.45) is 0. The van der Waals surface area contributed by atoms with Crippen molar-refractivity contribution in [1.29, 1.82) is 0 Å². The minimum atomic E-state index is -0.461. The van der Waals surface area contributed by atoms with Crippen LogP contribution in [-0.2, 0) is 0 Å². The standard InChI is InChI=1S/C19H22FN3O/c1-13-12-14(2)18(21-15(13)3)22-8-10-23(11-9-22)19(24)16-6-4-5-7-17(16)20/h4-7,12H,8-11H2,1-3H3. The fourth-order valence-corrected chi connectivity index (χ4v) is 3.08. The van der Waals surface area contributed by atoms with Gasteiger partial charge in [0.15, 0.2) is 0 Å². The van der Waals surface area contributed by atoms with E-state index in [0.29, 0.717) is 26.2 Å². The molecule has 0 N–H and O–H groups in total. The molecule has 2 aromatic rings. The summed E-state index contributed by atoms with van der Waals surface area (Å²) in [4.78, 5) is 21.1. The molecule has 1 amide bonds. The van der Waals surface area contributed by atoms with E-state index in [1.807, 2.05) is 6.92 Å². The summed E-state index contributed by atoms with van der Waals surface area (Å²) in [6.45, 7) is 8.68. The summed E-state index contributed by atoms with van der Waals surface area (Å²) in [6, 6.07) is 8.30. The summed E-state index contributed by atoms with van der Waals surface area (Å²) >= 11 is 0. The highest BCUT2D eigenvalue weighted by Gasteiger charge is 2.25. The fourth-order valence-electron chi connectivity index (χ4n) is 3.08. The smallest absolute Gasteiger partial charge is 0.256 e. The Morgan fingerprint density at radius 3 is 2.38 bits per heavy atom. The van der Waals surface area contributed by atoms with Crippen LogP contribution in [0.3, 0.4) is 0 Å². The molecule has 5 heteroatoms. The maximum atomic E-state index is 13.8. The number of piperazine rings is 1. The average molecular weight is 327 g/mol. The Morgan fingerprint density at radius 1 is 1.04 bits per heavy atom. The number of aryl methyl sites for hydroxylation is 3. The molecule has 1 fully saturated rings. The van der Waals surface area contributed by atoms with Crippen molar-refractivity contribution in [2.75, 3.05) is 31.1 Å². The number of aromatic nitrogens is 1. The summed E-state index contributed by atoms with van der Waals surface area (Å²) in [5, 5.41) is 0. The Labute approximate surface area is 141 Å². The van der Waals surface area contributed by atoms with Crippen LogP contribution >= 0.6 is 0 Å². The van der Waals surface area contributed by atoms with Crippen LogP contribution in [0.15, 0.2) is 30.3 Å². The number of rotatable bonds is 2. The normalized spacial score (nSPS) is 14.8. The molecule has 0 saturated carbocycles. The van der Waals surface area contributed by atoms with Gasteiger partial charge < -0.3 is 9.80 Å². The van der Waals surface area contributed by atoms with Gasteiger partial charge in [0.25, 0.3) is 5.91 Å². The summed E-state index contributed by atoms with van der Waals surface area (Å²) in [5.74, 6) is 0.283. The molecule has 0 spiro atoms. The second kappa shape index (κ2) is 6.59. The largest absolute Gasteiger partial charge is 0.353 e. The predicted molar refractivity (Wildman–Crippen MR) is 93.0 cm³/mol. The molecule has 0 aliphatic carbocycles. The number of carbonyl (C=O) groups is 1. The SMILES string of the molecule is Cc1cc(C)c(N2CCN(C(=O)c3ccccc3F)CC2)nc1C. The zero-order valence-electron chi connectivity index (χ0n) is 14.3. The third kappa shape index (κ3) is 3.11. The number of amides is 1. The lowest BCUT2D eigenvalue weighted by molar-refractivity contribution is 0.0742. The quantitative estimate of drug-likeness (QED) is 0.850. The number of benzene rings is 1. The van der Waals surface area contributed by atoms with Crippen LogP contribution in [0, 0.1) is 26.6 Å². The Kier molecular flexibility index (Phi) is 4.51. The Morgan fingerprint density at radius 2 is 1.71 bits per heavy atom. The van der Waals surface area contributed by atoms with Crippen LogP contribution in [0.4, 0.5) is 10.2 Å². The van der Waals surface area contributed by atoms with E-state index in [1.54, 1.807) is 23.1 Å². The maximum absolute atomic E-state index is 13.8. The van der Waals surface area contributed by atoms with Crippen molar-refractivity contribution in [2.24, 2.45) is 0 Å². The molecule has 3 rings (SSSR count). The molecule has 1 aromatic heterocycles. The highest BCUT2D eigenvalue weighted by molar-refractivity contribution is 5.94. The third-order valence-electron chi connectivity index (χ3n) is 4.60. The first kappa shape index (κ1) is 16.4. The van der Waals surface area contributed by atoms with E-state index in [0.717, 1.165) is 17.1 Å². The van der Waals surface area contributed by atoms with Gasteiger partial charge in [0.05, 0.1) is 5.56 Å². The first-order chi connectivity index (χ1) is 11.5. The van der Waals surface area contributed by atoms with Crippen LogP contribution < -0.4 is 4.90 Å². The van der Waals surface area contributed by atoms with E-state index in [2.05, 4.69) is 24.8 Å². The first-order valence-electron chi connectivity index (χ1n) is 8.21. The molecule has 0 bridgehead atoms. The molecule has 126 valence electrons. The molecular weight excluding hydrogens is 305 g/mol. The maximum Gasteiger partial charge on any atom is 0.256 e. The molecular formula is C19H22FN3O. The van der Waals surface area contributed by atoms with Gasteiger partial charge in [0.2, 0.25) is 0 Å². The van der Waals surface area contributed by atoms with Crippen LogP contribution in [0.5, 0.6) is 0 Å². The number of anilines is 1. The predicted octanol–water partition coefficient (Wildman–Crippen LogP) is 3.11. The van der Waals surface area contributed by atoms with Crippen molar-refractivity contribution >= 4 is 11.7 Å². The molecule has 1 aliphatic rings. The zero-order valence-corrected chi connectivity index (χ0v) is 14.3. The third-order valence-corrected chi connectivity index (χ3v) is 4.60. The molecule has 1 aromatic carbocycles. The van der Waals surface area contributed by atoms with Crippen molar-refractivity contribution in [2.45, 2.75) is 20.8 Å². The van der Waals surface area contributed by atoms with E-state index in [1.165, 1.54) is 11.6 Å². The minimum absolute atomic E-state index is 0.145. The van der Waals surface area contributed by atoms with Crippen LogP contribution in [0.1, 0.15) is 27.2 Å². The van der Waals surface area contributed by atoms with E-state index < -0.39 is 5.82 Å². The summed E-state index contributed by atoms with van der Waals surface area (Å²) in [7, 11) is 0. The van der Waals surface area contributed by atoms with Crippen molar-refractivity contribution in [3.05, 3.63) is 58.5 Å². The van der Waals surface area contributed by atoms with Crippen LogP contribution in [0.25, 0.3) is 0 Å². The van der Waals surface area contributed by atoms with Crippen molar-refractivity contribution in [3.8, 4) is 0 Å². The highest BCUT2D eigenvalue weighted by Crippen LogP contribution is 2.22. The molecule has 0 unspecified atom stereocenters. The topological polar surface area (TPSA) is 36.4 Å². The number of halogens is 1. The molecule has 0 radical (unpaired) electrons. The van der Waals surface area contributed by atoms with E-state index >= 15 is 0 Å².